The molecule has 0 fully saturated rings. The third-order valence-corrected chi connectivity index (χ3v) is 3.87. The lowest BCUT2D eigenvalue weighted by Crippen LogP contribution is -2.10. The molecule has 3 rings (SSSR count). The van der Waals surface area contributed by atoms with Crippen LogP contribution in [-0.4, -0.2) is 5.91 Å². The molecule has 1 aromatic heterocycles. The van der Waals surface area contributed by atoms with Crippen molar-refractivity contribution in [2.45, 2.75) is 6.92 Å². The van der Waals surface area contributed by atoms with Crippen LogP contribution < -0.4 is 11.1 Å². The molecule has 1 amide bonds. The number of anilines is 2. The highest BCUT2D eigenvalue weighted by Gasteiger charge is 2.13. The molecule has 21 heavy (non-hydrogen) atoms. The molecule has 0 aliphatic carbocycles. The molecule has 2 aromatic carbocycles. The van der Waals surface area contributed by atoms with Crippen LogP contribution in [0, 0.1) is 6.92 Å². The number of carbonyl (C=O) groups excluding carboxylic acids is 1. The SMILES string of the molecule is Cc1ccc2oc(C(=O)Nc3ccc(Br)c(N)c3)cc2c1. The van der Waals surface area contributed by atoms with Crippen molar-refractivity contribution < 1.29 is 9.21 Å². The van der Waals surface area contributed by atoms with Gasteiger partial charge in [0.15, 0.2) is 5.76 Å². The molecule has 0 saturated heterocycles. The number of halogens is 1. The average molecular weight is 345 g/mol. The van der Waals surface area contributed by atoms with E-state index in [4.69, 9.17) is 10.2 Å². The van der Waals surface area contributed by atoms with E-state index in [2.05, 4.69) is 21.2 Å². The fourth-order valence-electron chi connectivity index (χ4n) is 2.09. The van der Waals surface area contributed by atoms with Gasteiger partial charge in [0.05, 0.1) is 0 Å². The zero-order valence-corrected chi connectivity index (χ0v) is 12.9. The number of amides is 1. The maximum Gasteiger partial charge on any atom is 0.291 e. The summed E-state index contributed by atoms with van der Waals surface area (Å²) in [6.07, 6.45) is 0. The summed E-state index contributed by atoms with van der Waals surface area (Å²) in [5.74, 6) is -0.0253. The second-order valence-corrected chi connectivity index (χ2v) is 5.70. The molecule has 106 valence electrons. The van der Waals surface area contributed by atoms with Crippen LogP contribution in [-0.2, 0) is 0 Å². The van der Waals surface area contributed by atoms with Crippen molar-refractivity contribution in [2.24, 2.45) is 0 Å². The Morgan fingerprint density at radius 2 is 2.00 bits per heavy atom. The van der Waals surface area contributed by atoms with E-state index in [0.717, 1.165) is 15.4 Å². The van der Waals surface area contributed by atoms with Gasteiger partial charge in [-0.1, -0.05) is 11.6 Å². The molecule has 0 spiro atoms. The fraction of sp³-hybridized carbons (Fsp3) is 0.0625. The van der Waals surface area contributed by atoms with Crippen LogP contribution in [0.3, 0.4) is 0 Å². The molecule has 3 aromatic rings. The number of nitrogens with one attached hydrogen (secondary N) is 1. The van der Waals surface area contributed by atoms with E-state index in [-0.39, 0.29) is 11.7 Å². The minimum absolute atomic E-state index is 0.275. The number of fused-ring (bicyclic) bond motifs is 1. The molecule has 4 nitrogen and oxygen atoms in total. The van der Waals surface area contributed by atoms with Crippen LogP contribution in [0.25, 0.3) is 11.0 Å². The Balaban J connectivity index is 1.87. The Morgan fingerprint density at radius 1 is 1.19 bits per heavy atom. The minimum Gasteiger partial charge on any atom is -0.451 e. The van der Waals surface area contributed by atoms with Gasteiger partial charge in [0.1, 0.15) is 5.58 Å². The van der Waals surface area contributed by atoms with Crippen molar-refractivity contribution in [2.75, 3.05) is 11.1 Å². The van der Waals surface area contributed by atoms with Gasteiger partial charge in [-0.2, -0.15) is 0 Å². The number of hydrogen-bond acceptors (Lipinski definition) is 3. The number of rotatable bonds is 2. The van der Waals surface area contributed by atoms with E-state index in [9.17, 15) is 4.79 Å². The predicted octanol–water partition coefficient (Wildman–Crippen LogP) is 4.34. The molecule has 0 atom stereocenters. The number of hydrogen-bond donors (Lipinski definition) is 2. The van der Waals surface area contributed by atoms with E-state index < -0.39 is 0 Å². The van der Waals surface area contributed by atoms with Crippen molar-refractivity contribution in [3.63, 3.8) is 0 Å². The Labute approximate surface area is 130 Å². The summed E-state index contributed by atoms with van der Waals surface area (Å²) in [5, 5.41) is 3.68. The van der Waals surface area contributed by atoms with Crippen molar-refractivity contribution in [1.82, 2.24) is 0 Å². The van der Waals surface area contributed by atoms with Gasteiger partial charge in [-0.05, 0) is 59.3 Å². The average Bonchev–Trinajstić information content (AvgIpc) is 2.86. The van der Waals surface area contributed by atoms with Gasteiger partial charge in [-0.15, -0.1) is 0 Å². The lowest BCUT2D eigenvalue weighted by atomic mass is 10.2. The van der Waals surface area contributed by atoms with Gasteiger partial charge in [0, 0.05) is 21.2 Å². The van der Waals surface area contributed by atoms with Crippen LogP contribution in [0.15, 0.2) is 51.4 Å². The van der Waals surface area contributed by atoms with Crippen LogP contribution >= 0.6 is 15.9 Å². The lowest BCUT2D eigenvalue weighted by Gasteiger charge is -2.05. The number of nitrogens with two attached hydrogens (primary N) is 1. The Kier molecular flexibility index (Phi) is 3.43. The molecule has 0 aliphatic heterocycles. The molecule has 0 unspecified atom stereocenters. The zero-order chi connectivity index (χ0) is 15.0. The monoisotopic (exact) mass is 344 g/mol. The first-order valence-corrected chi connectivity index (χ1v) is 7.19. The Bertz CT molecular complexity index is 839. The first kappa shape index (κ1) is 13.7. The van der Waals surface area contributed by atoms with Crippen molar-refractivity contribution in [3.8, 4) is 0 Å². The normalized spacial score (nSPS) is 10.8. The second kappa shape index (κ2) is 5.26. The standard InChI is InChI=1S/C16H13BrN2O2/c1-9-2-5-14-10(6-9)7-15(21-14)16(20)19-11-3-4-12(17)13(18)8-11/h2-8H,18H2,1H3,(H,19,20). The minimum atomic E-state index is -0.300. The summed E-state index contributed by atoms with van der Waals surface area (Å²) in [6.45, 7) is 2.00. The third-order valence-electron chi connectivity index (χ3n) is 3.15. The van der Waals surface area contributed by atoms with Gasteiger partial charge in [-0.25, -0.2) is 0 Å². The number of carbonyl (C=O) groups is 1. The van der Waals surface area contributed by atoms with E-state index in [1.54, 1.807) is 24.3 Å². The third kappa shape index (κ3) is 2.78. The maximum atomic E-state index is 12.2. The van der Waals surface area contributed by atoms with Crippen molar-refractivity contribution >= 4 is 44.2 Å². The zero-order valence-electron chi connectivity index (χ0n) is 11.3. The van der Waals surface area contributed by atoms with E-state index in [1.165, 1.54) is 0 Å². The van der Waals surface area contributed by atoms with Crippen molar-refractivity contribution in [1.29, 1.82) is 0 Å². The van der Waals surface area contributed by atoms with Gasteiger partial charge >= 0.3 is 0 Å². The van der Waals surface area contributed by atoms with E-state index >= 15 is 0 Å². The molecule has 0 radical (unpaired) electrons. The smallest absolute Gasteiger partial charge is 0.291 e. The topological polar surface area (TPSA) is 68.3 Å². The first-order chi connectivity index (χ1) is 10.0. The summed E-state index contributed by atoms with van der Waals surface area (Å²) in [7, 11) is 0. The summed E-state index contributed by atoms with van der Waals surface area (Å²) in [6, 6.07) is 12.8. The summed E-state index contributed by atoms with van der Waals surface area (Å²) < 4.78 is 6.35. The van der Waals surface area contributed by atoms with Crippen LogP contribution in [0.2, 0.25) is 0 Å². The van der Waals surface area contributed by atoms with Crippen LogP contribution in [0.1, 0.15) is 16.1 Å². The first-order valence-electron chi connectivity index (χ1n) is 6.39. The molecular weight excluding hydrogens is 332 g/mol. The summed E-state index contributed by atoms with van der Waals surface area (Å²) >= 11 is 3.31. The lowest BCUT2D eigenvalue weighted by molar-refractivity contribution is 0.0998. The number of nitrogen functional groups attached to an aromatic ring is 1. The largest absolute Gasteiger partial charge is 0.451 e. The van der Waals surface area contributed by atoms with Gasteiger partial charge in [0.2, 0.25) is 0 Å². The van der Waals surface area contributed by atoms with Gasteiger partial charge < -0.3 is 15.5 Å². The van der Waals surface area contributed by atoms with Crippen LogP contribution in [0.5, 0.6) is 0 Å². The number of furan rings is 1. The summed E-state index contributed by atoms with van der Waals surface area (Å²) in [5.41, 5.74) is 8.79. The van der Waals surface area contributed by atoms with Crippen LogP contribution in [0.4, 0.5) is 11.4 Å². The summed E-state index contributed by atoms with van der Waals surface area (Å²) in [4.78, 5) is 12.2. The number of benzene rings is 2. The Morgan fingerprint density at radius 3 is 2.76 bits per heavy atom. The molecular formula is C16H13BrN2O2. The van der Waals surface area contributed by atoms with Crippen molar-refractivity contribution in [3.05, 3.63) is 58.3 Å². The highest BCUT2D eigenvalue weighted by molar-refractivity contribution is 9.10. The molecule has 0 saturated carbocycles. The molecule has 5 heteroatoms. The highest BCUT2D eigenvalue weighted by Crippen LogP contribution is 2.25. The fourth-order valence-corrected chi connectivity index (χ4v) is 2.34. The molecule has 3 N–H and O–H groups in total. The second-order valence-electron chi connectivity index (χ2n) is 4.84. The number of aryl methyl sites for hydroxylation is 1. The van der Waals surface area contributed by atoms with E-state index in [1.807, 2.05) is 25.1 Å². The highest BCUT2D eigenvalue weighted by atomic mass is 79.9. The maximum absolute atomic E-state index is 12.2. The predicted molar refractivity (Wildman–Crippen MR) is 87.5 cm³/mol. The quantitative estimate of drug-likeness (QED) is 0.679. The van der Waals surface area contributed by atoms with E-state index in [0.29, 0.717) is 17.0 Å². The Hall–Kier alpha value is -2.27. The van der Waals surface area contributed by atoms with Gasteiger partial charge in [0.25, 0.3) is 5.91 Å². The van der Waals surface area contributed by atoms with Gasteiger partial charge in [-0.3, -0.25) is 4.79 Å². The molecule has 0 aliphatic rings. The molecule has 0 bridgehead atoms. The molecule has 1 heterocycles.